The van der Waals surface area contributed by atoms with Crippen molar-refractivity contribution in [3.8, 4) is 0 Å². The average molecular weight is 348 g/mol. The normalized spacial score (nSPS) is 14.9. The Kier molecular flexibility index (Phi) is 6.32. The van der Waals surface area contributed by atoms with Crippen molar-refractivity contribution in [1.82, 2.24) is 15.2 Å². The van der Waals surface area contributed by atoms with Crippen molar-refractivity contribution in [2.24, 2.45) is 0 Å². The maximum absolute atomic E-state index is 12.8. The maximum atomic E-state index is 12.8. The van der Waals surface area contributed by atoms with Gasteiger partial charge in [0.25, 0.3) is 5.91 Å². The van der Waals surface area contributed by atoms with Crippen molar-refractivity contribution in [2.45, 2.75) is 32.7 Å². The van der Waals surface area contributed by atoms with Crippen LogP contribution >= 0.6 is 0 Å². The predicted octanol–water partition coefficient (Wildman–Crippen LogP) is 0.733. The topological polar surface area (TPSA) is 103 Å². The van der Waals surface area contributed by atoms with Crippen molar-refractivity contribution >= 4 is 23.5 Å². The van der Waals surface area contributed by atoms with Crippen LogP contribution in [-0.2, 0) is 9.59 Å². The molecule has 2 heterocycles. The third-order valence-electron chi connectivity index (χ3n) is 4.25. The molecule has 2 amide bonds. The number of pyridine rings is 1. The molecule has 1 saturated heterocycles. The number of carbonyl (C=O) groups excluding carboxylic acids is 2. The first-order valence-corrected chi connectivity index (χ1v) is 8.39. The van der Waals surface area contributed by atoms with E-state index < -0.39 is 17.9 Å². The van der Waals surface area contributed by atoms with E-state index in [2.05, 4.69) is 15.2 Å². The van der Waals surface area contributed by atoms with Crippen LogP contribution < -0.4 is 10.2 Å². The minimum Gasteiger partial charge on any atom is -0.480 e. The summed E-state index contributed by atoms with van der Waals surface area (Å²) in [6.07, 6.45) is 3.80. The smallest absolute Gasteiger partial charge is 0.326 e. The van der Waals surface area contributed by atoms with Crippen LogP contribution in [0.4, 0.5) is 5.69 Å². The van der Waals surface area contributed by atoms with Crippen LogP contribution in [0.3, 0.4) is 0 Å². The van der Waals surface area contributed by atoms with Crippen LogP contribution in [0.2, 0.25) is 0 Å². The molecule has 0 aromatic carbocycles. The second-order valence-corrected chi connectivity index (χ2v) is 6.09. The number of carboxylic acids is 1. The van der Waals surface area contributed by atoms with E-state index >= 15 is 0 Å². The molecule has 1 fully saturated rings. The van der Waals surface area contributed by atoms with Gasteiger partial charge >= 0.3 is 5.97 Å². The summed E-state index contributed by atoms with van der Waals surface area (Å²) in [4.78, 5) is 42.7. The van der Waals surface area contributed by atoms with Crippen LogP contribution in [0.1, 0.15) is 37.2 Å². The van der Waals surface area contributed by atoms with Gasteiger partial charge in [-0.2, -0.15) is 0 Å². The van der Waals surface area contributed by atoms with Gasteiger partial charge in [0.1, 0.15) is 11.7 Å². The molecule has 1 aromatic heterocycles. The Bertz CT molecular complexity index is 643. The van der Waals surface area contributed by atoms with Gasteiger partial charge in [-0.05, 0) is 31.9 Å². The standard InChI is InChI=1S/C17H24N4O4/c1-12(17(24)25)21(10-7-18-13(2)22)16(23)15-11-14(5-6-19-15)20-8-3-4-9-20/h5-6,11-12H,3-4,7-10H2,1-2H3,(H,18,22)(H,24,25). The van der Waals surface area contributed by atoms with Crippen LogP contribution in [0.15, 0.2) is 18.3 Å². The fraction of sp³-hybridized carbons (Fsp3) is 0.529. The lowest BCUT2D eigenvalue weighted by Gasteiger charge is -2.27. The van der Waals surface area contributed by atoms with Gasteiger partial charge < -0.3 is 20.2 Å². The molecule has 1 aliphatic heterocycles. The fourth-order valence-electron chi connectivity index (χ4n) is 2.81. The third kappa shape index (κ3) is 4.91. The van der Waals surface area contributed by atoms with Crippen LogP contribution in [0.25, 0.3) is 0 Å². The SMILES string of the molecule is CC(=O)NCCN(C(=O)c1cc(N2CCCC2)ccn1)C(C)C(=O)O. The van der Waals surface area contributed by atoms with E-state index in [1.807, 2.05) is 6.07 Å². The number of nitrogens with zero attached hydrogens (tertiary/aromatic N) is 3. The molecular weight excluding hydrogens is 324 g/mol. The molecule has 1 atom stereocenters. The second kappa shape index (κ2) is 8.46. The summed E-state index contributed by atoms with van der Waals surface area (Å²) in [5.74, 6) is -1.79. The van der Waals surface area contributed by atoms with E-state index in [0.29, 0.717) is 0 Å². The Morgan fingerprint density at radius 3 is 2.64 bits per heavy atom. The molecule has 0 aliphatic carbocycles. The van der Waals surface area contributed by atoms with Crippen molar-refractivity contribution in [2.75, 3.05) is 31.1 Å². The van der Waals surface area contributed by atoms with Gasteiger partial charge in [-0.25, -0.2) is 4.79 Å². The Hall–Kier alpha value is -2.64. The highest BCUT2D eigenvalue weighted by molar-refractivity contribution is 5.95. The highest BCUT2D eigenvalue weighted by atomic mass is 16.4. The Morgan fingerprint density at radius 1 is 1.36 bits per heavy atom. The number of carboxylic acid groups (broad SMARTS) is 1. The van der Waals surface area contributed by atoms with Crippen molar-refractivity contribution < 1.29 is 19.5 Å². The summed E-state index contributed by atoms with van der Waals surface area (Å²) in [7, 11) is 0. The Morgan fingerprint density at radius 2 is 2.04 bits per heavy atom. The lowest BCUT2D eigenvalue weighted by atomic mass is 10.2. The molecule has 0 spiro atoms. The first-order chi connectivity index (χ1) is 11.9. The maximum Gasteiger partial charge on any atom is 0.326 e. The van der Waals surface area contributed by atoms with E-state index in [9.17, 15) is 19.5 Å². The van der Waals surface area contributed by atoms with Gasteiger partial charge in [-0.15, -0.1) is 0 Å². The minimum atomic E-state index is -1.10. The number of aliphatic carboxylic acids is 1. The Balaban J connectivity index is 2.17. The summed E-state index contributed by atoms with van der Waals surface area (Å²) in [5, 5.41) is 11.9. The summed E-state index contributed by atoms with van der Waals surface area (Å²) in [6, 6.07) is 2.54. The summed E-state index contributed by atoms with van der Waals surface area (Å²) in [5.41, 5.74) is 1.13. The molecule has 0 saturated carbocycles. The van der Waals surface area contributed by atoms with E-state index in [-0.39, 0.29) is 24.7 Å². The second-order valence-electron chi connectivity index (χ2n) is 6.09. The minimum absolute atomic E-state index is 0.0987. The molecule has 0 radical (unpaired) electrons. The van der Waals surface area contributed by atoms with Crippen molar-refractivity contribution in [3.63, 3.8) is 0 Å². The highest BCUT2D eigenvalue weighted by Crippen LogP contribution is 2.21. The molecule has 8 heteroatoms. The van der Waals surface area contributed by atoms with Gasteiger partial charge in [0, 0.05) is 45.0 Å². The number of carbonyl (C=O) groups is 3. The number of nitrogens with one attached hydrogen (secondary N) is 1. The molecule has 136 valence electrons. The van der Waals surface area contributed by atoms with Crippen molar-refractivity contribution in [1.29, 1.82) is 0 Å². The average Bonchev–Trinajstić information content (AvgIpc) is 3.12. The number of anilines is 1. The number of hydrogen-bond donors (Lipinski definition) is 2. The van der Waals surface area contributed by atoms with Gasteiger partial charge in [0.15, 0.2) is 0 Å². The summed E-state index contributed by atoms with van der Waals surface area (Å²) in [6.45, 7) is 4.98. The van der Waals surface area contributed by atoms with Crippen LogP contribution in [-0.4, -0.2) is 65.0 Å². The first kappa shape index (κ1) is 18.7. The molecule has 1 unspecified atom stereocenters. The molecular formula is C17H24N4O4. The number of hydrogen-bond acceptors (Lipinski definition) is 5. The zero-order valence-electron chi connectivity index (χ0n) is 14.6. The number of rotatable bonds is 7. The first-order valence-electron chi connectivity index (χ1n) is 8.39. The van der Waals surface area contributed by atoms with Crippen LogP contribution in [0, 0.1) is 0 Å². The van der Waals surface area contributed by atoms with Gasteiger partial charge in [0.2, 0.25) is 5.91 Å². The lowest BCUT2D eigenvalue weighted by Crippen LogP contribution is -2.47. The van der Waals surface area contributed by atoms with Gasteiger partial charge in [-0.1, -0.05) is 0 Å². The monoisotopic (exact) mass is 348 g/mol. The van der Waals surface area contributed by atoms with Gasteiger partial charge in [0.05, 0.1) is 0 Å². The summed E-state index contributed by atoms with van der Waals surface area (Å²) < 4.78 is 0. The highest BCUT2D eigenvalue weighted by Gasteiger charge is 2.27. The quantitative estimate of drug-likeness (QED) is 0.753. The van der Waals surface area contributed by atoms with Crippen LogP contribution in [0.5, 0.6) is 0 Å². The molecule has 1 aliphatic rings. The molecule has 2 N–H and O–H groups in total. The molecule has 25 heavy (non-hydrogen) atoms. The zero-order valence-corrected chi connectivity index (χ0v) is 14.6. The van der Waals surface area contributed by atoms with E-state index in [1.165, 1.54) is 18.7 Å². The molecule has 8 nitrogen and oxygen atoms in total. The molecule has 2 rings (SSSR count). The third-order valence-corrected chi connectivity index (χ3v) is 4.25. The summed E-state index contributed by atoms with van der Waals surface area (Å²) >= 11 is 0. The Labute approximate surface area is 146 Å². The van der Waals surface area contributed by atoms with Gasteiger partial charge in [-0.3, -0.25) is 14.6 Å². The number of amides is 2. The zero-order chi connectivity index (χ0) is 18.4. The fourth-order valence-corrected chi connectivity index (χ4v) is 2.81. The predicted molar refractivity (Wildman–Crippen MR) is 92.5 cm³/mol. The van der Waals surface area contributed by atoms with E-state index in [0.717, 1.165) is 31.6 Å². The van der Waals surface area contributed by atoms with E-state index in [1.54, 1.807) is 12.3 Å². The molecule has 1 aromatic rings. The van der Waals surface area contributed by atoms with E-state index in [4.69, 9.17) is 0 Å². The lowest BCUT2D eigenvalue weighted by molar-refractivity contribution is -0.141. The number of aromatic nitrogens is 1. The molecule has 0 bridgehead atoms. The largest absolute Gasteiger partial charge is 0.480 e. The van der Waals surface area contributed by atoms with Crippen molar-refractivity contribution in [3.05, 3.63) is 24.0 Å².